The van der Waals surface area contributed by atoms with E-state index in [0.29, 0.717) is 24.1 Å². The Morgan fingerprint density at radius 2 is 1.92 bits per heavy atom. The third-order valence-electron chi connectivity index (χ3n) is 4.59. The Labute approximate surface area is 147 Å². The Morgan fingerprint density at radius 3 is 2.56 bits per heavy atom. The highest BCUT2D eigenvalue weighted by molar-refractivity contribution is 5.99. The minimum Gasteiger partial charge on any atom is -0.378 e. The molecule has 1 amide bonds. The SMILES string of the molecule is CN(C)c1ccc(CN2C(=O)c3cccc(F)c3C2CCC#N)cc1. The molecule has 5 heteroatoms. The molecule has 2 aromatic rings. The van der Waals surface area contributed by atoms with E-state index >= 15 is 0 Å². The van der Waals surface area contributed by atoms with E-state index in [-0.39, 0.29) is 18.1 Å². The number of fused-ring (bicyclic) bond motifs is 1. The van der Waals surface area contributed by atoms with E-state index in [1.807, 2.05) is 43.3 Å². The average Bonchev–Trinajstić information content (AvgIpc) is 2.87. The van der Waals surface area contributed by atoms with E-state index in [9.17, 15) is 9.18 Å². The van der Waals surface area contributed by atoms with Gasteiger partial charge in [0.05, 0.1) is 12.1 Å². The van der Waals surface area contributed by atoms with Crippen LogP contribution in [0.4, 0.5) is 10.1 Å². The van der Waals surface area contributed by atoms with Crippen molar-refractivity contribution >= 4 is 11.6 Å². The Balaban J connectivity index is 1.90. The van der Waals surface area contributed by atoms with Crippen LogP contribution >= 0.6 is 0 Å². The standard InChI is InChI=1S/C20H20FN3O/c1-23(2)15-10-8-14(9-11-15)13-24-18(7-4-12-22)19-16(20(24)25)5-3-6-17(19)21/h3,5-6,8-11,18H,4,7,13H2,1-2H3. The number of carbonyl (C=O) groups is 1. The maximum Gasteiger partial charge on any atom is 0.255 e. The lowest BCUT2D eigenvalue weighted by atomic mass is 10.00. The maximum atomic E-state index is 14.3. The van der Waals surface area contributed by atoms with Crippen molar-refractivity contribution in [2.75, 3.05) is 19.0 Å². The molecule has 1 unspecified atom stereocenters. The highest BCUT2D eigenvalue weighted by atomic mass is 19.1. The molecule has 1 aliphatic heterocycles. The first-order valence-electron chi connectivity index (χ1n) is 8.25. The molecule has 0 saturated carbocycles. The zero-order valence-corrected chi connectivity index (χ0v) is 14.4. The van der Waals surface area contributed by atoms with Crippen LogP contribution in [0.1, 0.15) is 40.4 Å². The van der Waals surface area contributed by atoms with E-state index in [0.717, 1.165) is 11.3 Å². The molecule has 4 nitrogen and oxygen atoms in total. The largest absolute Gasteiger partial charge is 0.378 e. The molecule has 0 bridgehead atoms. The van der Waals surface area contributed by atoms with Crippen molar-refractivity contribution in [2.45, 2.75) is 25.4 Å². The quantitative estimate of drug-likeness (QED) is 0.831. The van der Waals surface area contributed by atoms with Gasteiger partial charge in [0.1, 0.15) is 5.82 Å². The van der Waals surface area contributed by atoms with Gasteiger partial charge in [-0.25, -0.2) is 4.39 Å². The summed E-state index contributed by atoms with van der Waals surface area (Å²) in [5.74, 6) is -0.548. The minimum absolute atomic E-state index is 0.172. The molecule has 1 aliphatic rings. The van der Waals surface area contributed by atoms with Crippen LogP contribution in [0, 0.1) is 17.1 Å². The van der Waals surface area contributed by atoms with Gasteiger partial charge in [-0.15, -0.1) is 0 Å². The summed E-state index contributed by atoms with van der Waals surface area (Å²) in [5.41, 5.74) is 2.89. The van der Waals surface area contributed by atoms with Gasteiger partial charge in [-0.05, 0) is 36.2 Å². The van der Waals surface area contributed by atoms with Gasteiger partial charge in [0, 0.05) is 43.9 Å². The molecule has 25 heavy (non-hydrogen) atoms. The molecule has 3 rings (SSSR count). The van der Waals surface area contributed by atoms with Gasteiger partial charge in [0.25, 0.3) is 5.91 Å². The number of hydrogen-bond donors (Lipinski definition) is 0. The van der Waals surface area contributed by atoms with Gasteiger partial charge in [-0.1, -0.05) is 18.2 Å². The van der Waals surface area contributed by atoms with E-state index < -0.39 is 6.04 Å². The van der Waals surface area contributed by atoms with Crippen LogP contribution in [0.25, 0.3) is 0 Å². The molecular formula is C20H20FN3O. The normalized spacial score (nSPS) is 15.8. The molecule has 0 spiro atoms. The highest BCUT2D eigenvalue weighted by Gasteiger charge is 2.38. The third-order valence-corrected chi connectivity index (χ3v) is 4.59. The predicted molar refractivity (Wildman–Crippen MR) is 94.6 cm³/mol. The number of carbonyl (C=O) groups excluding carboxylic acids is 1. The van der Waals surface area contributed by atoms with Crippen LogP contribution in [-0.4, -0.2) is 24.9 Å². The van der Waals surface area contributed by atoms with Gasteiger partial charge in [0.2, 0.25) is 0 Å². The fraction of sp³-hybridized carbons (Fsp3) is 0.300. The van der Waals surface area contributed by atoms with Crippen LogP contribution < -0.4 is 4.90 Å². The summed E-state index contributed by atoms with van der Waals surface area (Å²) in [6.07, 6.45) is 0.716. The zero-order valence-electron chi connectivity index (χ0n) is 14.4. The predicted octanol–water partition coefficient (Wildman–Crippen LogP) is 3.89. The maximum absolute atomic E-state index is 14.3. The monoisotopic (exact) mass is 337 g/mol. The van der Waals surface area contributed by atoms with Crippen LogP contribution in [0.2, 0.25) is 0 Å². The van der Waals surface area contributed by atoms with Crippen molar-refractivity contribution in [3.63, 3.8) is 0 Å². The van der Waals surface area contributed by atoms with Crippen LogP contribution in [0.3, 0.4) is 0 Å². The van der Waals surface area contributed by atoms with Gasteiger partial charge in [0.15, 0.2) is 0 Å². The van der Waals surface area contributed by atoms with Crippen molar-refractivity contribution in [3.8, 4) is 6.07 Å². The van der Waals surface area contributed by atoms with Crippen molar-refractivity contribution in [1.29, 1.82) is 5.26 Å². The van der Waals surface area contributed by atoms with E-state index in [4.69, 9.17) is 5.26 Å². The first-order valence-corrected chi connectivity index (χ1v) is 8.25. The third kappa shape index (κ3) is 3.20. The van der Waals surface area contributed by atoms with Gasteiger partial charge in [-0.2, -0.15) is 5.26 Å². The summed E-state index contributed by atoms with van der Waals surface area (Å²) in [5, 5.41) is 8.92. The Hall–Kier alpha value is -2.87. The minimum atomic E-state index is -0.392. The fourth-order valence-corrected chi connectivity index (χ4v) is 3.29. The van der Waals surface area contributed by atoms with Crippen LogP contribution in [0.15, 0.2) is 42.5 Å². The molecule has 0 aromatic heterocycles. The Morgan fingerprint density at radius 1 is 1.20 bits per heavy atom. The summed E-state index contributed by atoms with van der Waals surface area (Å²) in [6, 6.07) is 14.2. The summed E-state index contributed by atoms with van der Waals surface area (Å²) < 4.78 is 14.3. The fourth-order valence-electron chi connectivity index (χ4n) is 3.29. The number of nitriles is 1. The second-order valence-corrected chi connectivity index (χ2v) is 6.41. The summed E-state index contributed by atoms with van der Waals surface area (Å²) >= 11 is 0. The highest BCUT2D eigenvalue weighted by Crippen LogP contribution is 2.39. The molecule has 0 radical (unpaired) electrons. The molecule has 0 aliphatic carbocycles. The van der Waals surface area contributed by atoms with Crippen LogP contribution in [0.5, 0.6) is 0 Å². The summed E-state index contributed by atoms with van der Waals surface area (Å²) in [4.78, 5) is 16.5. The lowest BCUT2D eigenvalue weighted by Crippen LogP contribution is -2.27. The smallest absolute Gasteiger partial charge is 0.255 e. The number of nitrogens with zero attached hydrogens (tertiary/aromatic N) is 3. The molecule has 2 aromatic carbocycles. The molecule has 0 saturated heterocycles. The molecule has 0 N–H and O–H groups in total. The second-order valence-electron chi connectivity index (χ2n) is 6.41. The number of amides is 1. The molecule has 1 heterocycles. The van der Waals surface area contributed by atoms with E-state index in [1.165, 1.54) is 6.07 Å². The summed E-state index contributed by atoms with van der Waals surface area (Å²) in [7, 11) is 3.94. The van der Waals surface area contributed by atoms with Gasteiger partial charge in [-0.3, -0.25) is 4.79 Å². The molecule has 128 valence electrons. The number of benzene rings is 2. The number of anilines is 1. The van der Waals surface area contributed by atoms with Gasteiger partial charge < -0.3 is 9.80 Å². The topological polar surface area (TPSA) is 47.3 Å². The number of hydrogen-bond acceptors (Lipinski definition) is 3. The lowest BCUT2D eigenvalue weighted by molar-refractivity contribution is 0.0702. The first kappa shape index (κ1) is 17.0. The second kappa shape index (κ2) is 6.94. The van der Waals surface area contributed by atoms with Crippen molar-refractivity contribution < 1.29 is 9.18 Å². The van der Waals surface area contributed by atoms with E-state index in [1.54, 1.807) is 17.0 Å². The number of rotatable bonds is 5. The van der Waals surface area contributed by atoms with Crippen molar-refractivity contribution in [3.05, 3.63) is 65.0 Å². The molecule has 0 fully saturated rings. The Bertz CT molecular complexity index is 824. The summed E-state index contributed by atoms with van der Waals surface area (Å²) in [6.45, 7) is 0.400. The number of halogens is 1. The lowest BCUT2D eigenvalue weighted by Gasteiger charge is -2.25. The van der Waals surface area contributed by atoms with E-state index in [2.05, 4.69) is 6.07 Å². The molecular weight excluding hydrogens is 317 g/mol. The Kier molecular flexibility index (Phi) is 4.71. The first-order chi connectivity index (χ1) is 12.0. The molecule has 1 atom stereocenters. The average molecular weight is 337 g/mol. The zero-order chi connectivity index (χ0) is 18.0. The van der Waals surface area contributed by atoms with Crippen molar-refractivity contribution in [2.24, 2.45) is 0 Å². The van der Waals surface area contributed by atoms with Gasteiger partial charge >= 0.3 is 0 Å². The van der Waals surface area contributed by atoms with Crippen molar-refractivity contribution in [1.82, 2.24) is 4.90 Å². The van der Waals surface area contributed by atoms with Crippen LogP contribution in [-0.2, 0) is 6.54 Å².